The summed E-state index contributed by atoms with van der Waals surface area (Å²) in [6.45, 7) is 0. The molecule has 0 radical (unpaired) electrons. The van der Waals surface area contributed by atoms with Gasteiger partial charge in [0.2, 0.25) is 0 Å². The van der Waals surface area contributed by atoms with Gasteiger partial charge in [-0.2, -0.15) is 0 Å². The summed E-state index contributed by atoms with van der Waals surface area (Å²) in [7, 11) is 0. The van der Waals surface area contributed by atoms with Crippen molar-refractivity contribution in [3.05, 3.63) is 193 Å². The molecule has 260 valence electrons. The molecule has 2 nitrogen and oxygen atoms in total. The predicted molar refractivity (Wildman–Crippen MR) is 235 cm³/mol. The van der Waals surface area contributed by atoms with E-state index < -0.39 is 298 Å². The van der Waals surface area contributed by atoms with Gasteiger partial charge in [-0.05, 0) is 119 Å². The van der Waals surface area contributed by atoms with Crippen LogP contribution in [0.15, 0.2) is 202 Å². The van der Waals surface area contributed by atoms with Gasteiger partial charge in [0, 0.05) is 21.5 Å². The fraction of sp³-hybridized carbons (Fsp3) is 0. The van der Waals surface area contributed by atoms with Crippen LogP contribution in [-0.2, 0) is 0 Å². The van der Waals surface area contributed by atoms with Gasteiger partial charge >= 0.3 is 0 Å². The van der Waals surface area contributed by atoms with Gasteiger partial charge in [-0.25, -0.2) is 0 Å². The highest BCUT2D eigenvalue weighted by atomic mass is 16.3. The smallest absolute Gasteiger partial charge is 0.136 e. The molecular weight excluding hydrogens is 681 g/mol. The topological polar surface area (TPSA) is 26.3 Å². The largest absolute Gasteiger partial charge is 0.456 e. The summed E-state index contributed by atoms with van der Waals surface area (Å²) in [5, 5.41) is -5.97. The zero-order valence-electron chi connectivity index (χ0n) is 59.8. The Morgan fingerprint density at radius 1 is 0.268 bits per heavy atom. The lowest BCUT2D eigenvalue weighted by Crippen LogP contribution is -1.91. The fourth-order valence-corrected chi connectivity index (χ4v) is 6.81. The molecule has 12 rings (SSSR count). The van der Waals surface area contributed by atoms with E-state index in [9.17, 15) is 23.3 Å². The van der Waals surface area contributed by atoms with Crippen LogP contribution in [0, 0.1) is 0 Å². The molecule has 0 N–H and O–H groups in total. The standard InChI is InChI=1S/C54H32O2/c1-2-10-33(11-3-1)34-18-20-35(21-19-34)51-41-12-4-6-14-43(41)52(44-15-7-5-13-42(44)51)40-25-24-36-30-37(22-23-38(36)31-40)39-26-27-46-50(32-39)56-49-29-28-48-53(54(46)49)45-16-8-9-17-47(45)55-48/h1-32H/i1D,2D,3D,4D,5D,6D,7D,8D,9D,10D,11D,12D,13D,14D,15D,16D,17D,18D,19D,20D,21D,22D,23D,24D,25D,26D,27D,28D,29D,30D,31D,32D. The van der Waals surface area contributed by atoms with Crippen LogP contribution in [0.2, 0.25) is 0 Å². The van der Waals surface area contributed by atoms with Crippen molar-refractivity contribution in [2.24, 2.45) is 0 Å². The molecule has 0 unspecified atom stereocenters. The molecule has 2 heterocycles. The SMILES string of the molecule is [2H]c1c([2H])c([2H])c(-c2c([2H])c([2H])c(-c3c4c([2H])c([2H])c([2H])c([2H])c4c(-c4c([2H])c([2H])c5c([2H])c(-c6c([2H])c([2H])c7c(oc8c([2H])c([2H])c9oc%10c([2H])c([2H])c([2H])c([2H])c%10c9c87)c6[2H])c([2H])c([2H])c5c4[2H])c4c([2H])c([2H])c([2H])c([2H])c34)c([2H])c2[2H])c([2H])c1[2H]. The second kappa shape index (κ2) is 12.0. The number of fused-ring (bicyclic) bond motifs is 10. The molecule has 10 aromatic carbocycles. The van der Waals surface area contributed by atoms with Crippen molar-refractivity contribution in [2.45, 2.75) is 0 Å². The maximum atomic E-state index is 9.87. The average Bonchev–Trinajstić information content (AvgIpc) is 0.942. The normalized spacial score (nSPS) is 19.9. The van der Waals surface area contributed by atoms with E-state index in [0.29, 0.717) is 0 Å². The van der Waals surface area contributed by atoms with E-state index in [4.69, 9.17) is 29.4 Å². The highest BCUT2D eigenvalue weighted by Crippen LogP contribution is 2.45. The van der Waals surface area contributed by atoms with Crippen molar-refractivity contribution in [1.82, 2.24) is 0 Å². The molecule has 0 saturated carbocycles. The number of benzene rings is 10. The monoisotopic (exact) mass is 744 g/mol. The van der Waals surface area contributed by atoms with Crippen LogP contribution < -0.4 is 0 Å². The lowest BCUT2D eigenvalue weighted by Gasteiger charge is -2.18. The molecule has 0 aliphatic rings. The fourth-order valence-electron chi connectivity index (χ4n) is 6.81. The number of hydrogen-bond donors (Lipinski definition) is 0. The zero-order chi connectivity index (χ0) is 64.6. The Kier molecular flexibility index (Phi) is 2.82. The van der Waals surface area contributed by atoms with Crippen molar-refractivity contribution in [2.75, 3.05) is 0 Å². The average molecular weight is 745 g/mol. The van der Waals surface area contributed by atoms with Crippen LogP contribution >= 0.6 is 0 Å². The summed E-state index contributed by atoms with van der Waals surface area (Å²) in [5.41, 5.74) is -8.47. The van der Waals surface area contributed by atoms with Crippen molar-refractivity contribution in [3.63, 3.8) is 0 Å². The molecule has 2 heteroatoms. The molecular formula is C54H32O2. The molecule has 0 spiro atoms. The van der Waals surface area contributed by atoms with Gasteiger partial charge in [0.25, 0.3) is 0 Å². The Morgan fingerprint density at radius 2 is 0.696 bits per heavy atom. The van der Waals surface area contributed by atoms with Gasteiger partial charge in [0.15, 0.2) is 0 Å². The van der Waals surface area contributed by atoms with E-state index in [0.717, 1.165) is 0 Å². The molecule has 0 saturated heterocycles. The first-order valence-corrected chi connectivity index (χ1v) is 16.6. The zero-order valence-corrected chi connectivity index (χ0v) is 27.8. The summed E-state index contributed by atoms with van der Waals surface area (Å²) in [6, 6.07) is -30.2. The Labute approximate surface area is 367 Å². The van der Waals surface area contributed by atoms with E-state index >= 15 is 0 Å². The first-order chi connectivity index (χ1) is 41.1. The van der Waals surface area contributed by atoms with Crippen LogP contribution in [0.1, 0.15) is 43.9 Å². The second-order valence-electron chi connectivity index (χ2n) is 12.3. The Bertz CT molecular complexity index is 5270. The number of para-hydroxylation sites is 1. The van der Waals surface area contributed by atoms with Crippen LogP contribution in [0.3, 0.4) is 0 Å². The van der Waals surface area contributed by atoms with Crippen LogP contribution in [0.25, 0.3) is 121 Å². The number of hydrogen-bond acceptors (Lipinski definition) is 2. The van der Waals surface area contributed by atoms with Crippen molar-refractivity contribution >= 4 is 76.2 Å². The van der Waals surface area contributed by atoms with Crippen LogP contribution in [-0.4, -0.2) is 0 Å². The van der Waals surface area contributed by atoms with Gasteiger partial charge in [0.1, 0.15) is 22.3 Å². The lowest BCUT2D eigenvalue weighted by atomic mass is 9.85. The Hall–Kier alpha value is -7.42. The quantitative estimate of drug-likeness (QED) is 0.168. The third kappa shape index (κ3) is 4.69. The second-order valence-corrected chi connectivity index (χ2v) is 12.3. The molecule has 0 amide bonds. The molecule has 0 bridgehead atoms. The number of furan rings is 2. The molecule has 0 aliphatic heterocycles. The van der Waals surface area contributed by atoms with Crippen molar-refractivity contribution in [1.29, 1.82) is 0 Å². The van der Waals surface area contributed by atoms with Crippen molar-refractivity contribution in [3.8, 4) is 44.5 Å². The summed E-state index contributed by atoms with van der Waals surface area (Å²) < 4.78 is 302. The minimum atomic E-state index is -1.12. The predicted octanol–water partition coefficient (Wildman–Crippen LogP) is 15.6. The maximum absolute atomic E-state index is 9.87. The van der Waals surface area contributed by atoms with Gasteiger partial charge in [-0.15, -0.1) is 0 Å². The van der Waals surface area contributed by atoms with Gasteiger partial charge in [-0.1, -0.05) is 151 Å². The van der Waals surface area contributed by atoms with Gasteiger partial charge in [-0.3, -0.25) is 0 Å². The minimum Gasteiger partial charge on any atom is -0.456 e. The van der Waals surface area contributed by atoms with Crippen molar-refractivity contribution < 1.29 is 52.7 Å². The summed E-state index contributed by atoms with van der Waals surface area (Å²) in [4.78, 5) is 0. The molecule has 0 fully saturated rings. The van der Waals surface area contributed by atoms with E-state index in [-0.39, 0.29) is 16.2 Å². The summed E-state index contributed by atoms with van der Waals surface area (Å²) in [6.07, 6.45) is 0. The highest BCUT2D eigenvalue weighted by Gasteiger charge is 2.19. The van der Waals surface area contributed by atoms with E-state index in [2.05, 4.69) is 0 Å². The van der Waals surface area contributed by atoms with Crippen LogP contribution in [0.4, 0.5) is 0 Å². The number of rotatable bonds is 4. The Morgan fingerprint density at radius 3 is 1.36 bits per heavy atom. The minimum absolute atomic E-state index is 0.226. The molecule has 56 heavy (non-hydrogen) atoms. The van der Waals surface area contributed by atoms with E-state index in [1.165, 1.54) is 0 Å². The van der Waals surface area contributed by atoms with E-state index in [1.54, 1.807) is 0 Å². The van der Waals surface area contributed by atoms with E-state index in [1.807, 2.05) is 0 Å². The molecule has 0 aliphatic carbocycles. The Balaban J connectivity index is 1.20. The summed E-state index contributed by atoms with van der Waals surface area (Å²) >= 11 is 0. The molecule has 2 aromatic heterocycles. The maximum Gasteiger partial charge on any atom is 0.136 e. The lowest BCUT2D eigenvalue weighted by molar-refractivity contribution is 0.663. The van der Waals surface area contributed by atoms with Gasteiger partial charge in [0.05, 0.1) is 43.9 Å². The third-order valence-corrected chi connectivity index (χ3v) is 9.21. The third-order valence-electron chi connectivity index (χ3n) is 9.21. The van der Waals surface area contributed by atoms with Gasteiger partial charge < -0.3 is 8.83 Å². The first kappa shape index (κ1) is 13.1. The molecule has 12 aromatic rings. The highest BCUT2D eigenvalue weighted by molar-refractivity contribution is 6.26. The molecule has 0 atom stereocenters. The first-order valence-electron chi connectivity index (χ1n) is 32.6. The van der Waals surface area contributed by atoms with Crippen LogP contribution in [0.5, 0.6) is 0 Å². The summed E-state index contributed by atoms with van der Waals surface area (Å²) in [5.74, 6) is 0.